The smallest absolute Gasteiger partial charge is 0.0661 e. The maximum absolute atomic E-state index is 9.75. The molecular weight excluding hydrogens is 262 g/mol. The van der Waals surface area contributed by atoms with Gasteiger partial charge in [0.2, 0.25) is 0 Å². The fraction of sp³-hybridized carbons (Fsp3) is 0.667. The standard InChI is InChI=1S/C18H27NO2/c1-2-21-17-12-16(18(17)10-6-7-11-18)19-15(13-20)14-8-4-3-5-9-14/h3-5,8-9,15-17,19-20H,2,6-7,10-13H2,1H3/t15-,16?,17?/m1/s1. The summed E-state index contributed by atoms with van der Waals surface area (Å²) in [6, 6.07) is 10.8. The molecule has 2 aliphatic carbocycles. The number of rotatable bonds is 6. The predicted octanol–water partition coefficient (Wildman–Crippen LogP) is 3.05. The molecular formula is C18H27NO2. The number of aliphatic hydroxyl groups excluding tert-OH is 1. The number of hydrogen-bond donors (Lipinski definition) is 2. The zero-order chi connectivity index (χ0) is 14.7. The summed E-state index contributed by atoms with van der Waals surface area (Å²) in [4.78, 5) is 0. The Kier molecular flexibility index (Phi) is 4.63. The third-order valence-corrected chi connectivity index (χ3v) is 5.47. The Morgan fingerprint density at radius 2 is 2.00 bits per heavy atom. The first-order chi connectivity index (χ1) is 10.3. The molecule has 3 atom stereocenters. The van der Waals surface area contributed by atoms with Gasteiger partial charge in [0.25, 0.3) is 0 Å². The molecule has 2 aliphatic rings. The van der Waals surface area contributed by atoms with E-state index in [-0.39, 0.29) is 12.6 Å². The van der Waals surface area contributed by atoms with Crippen LogP contribution in [0.4, 0.5) is 0 Å². The SMILES string of the molecule is CCOC1CC(N[C@H](CO)c2ccccc2)C12CCCC2. The largest absolute Gasteiger partial charge is 0.394 e. The lowest BCUT2D eigenvalue weighted by molar-refractivity contribution is -0.133. The van der Waals surface area contributed by atoms with Crippen molar-refractivity contribution in [2.24, 2.45) is 5.41 Å². The second-order valence-electron chi connectivity index (χ2n) is 6.49. The van der Waals surface area contributed by atoms with Crippen molar-refractivity contribution >= 4 is 0 Å². The fourth-order valence-corrected chi connectivity index (χ4v) is 4.30. The van der Waals surface area contributed by atoms with Crippen molar-refractivity contribution in [2.75, 3.05) is 13.2 Å². The van der Waals surface area contributed by atoms with Gasteiger partial charge in [0, 0.05) is 18.1 Å². The lowest BCUT2D eigenvalue weighted by atomic mass is 9.60. The molecule has 2 N–H and O–H groups in total. The summed E-state index contributed by atoms with van der Waals surface area (Å²) in [6.07, 6.45) is 6.66. The van der Waals surface area contributed by atoms with Crippen molar-refractivity contribution in [1.29, 1.82) is 0 Å². The van der Waals surface area contributed by atoms with E-state index >= 15 is 0 Å². The van der Waals surface area contributed by atoms with Crippen LogP contribution in [0.5, 0.6) is 0 Å². The summed E-state index contributed by atoms with van der Waals surface area (Å²) < 4.78 is 5.96. The van der Waals surface area contributed by atoms with E-state index in [1.165, 1.54) is 31.2 Å². The average Bonchev–Trinajstić information content (AvgIpc) is 3.04. The number of aliphatic hydroxyl groups is 1. The van der Waals surface area contributed by atoms with Gasteiger partial charge >= 0.3 is 0 Å². The normalized spacial score (nSPS) is 28.5. The van der Waals surface area contributed by atoms with Gasteiger partial charge in [0.05, 0.1) is 18.8 Å². The van der Waals surface area contributed by atoms with Crippen molar-refractivity contribution in [3.8, 4) is 0 Å². The van der Waals surface area contributed by atoms with Gasteiger partial charge in [-0.2, -0.15) is 0 Å². The van der Waals surface area contributed by atoms with Crippen LogP contribution in [0.2, 0.25) is 0 Å². The molecule has 3 rings (SSSR count). The second-order valence-corrected chi connectivity index (χ2v) is 6.49. The van der Waals surface area contributed by atoms with Crippen LogP contribution in [0.15, 0.2) is 30.3 Å². The van der Waals surface area contributed by atoms with Crippen molar-refractivity contribution in [3.05, 3.63) is 35.9 Å². The molecule has 3 nitrogen and oxygen atoms in total. The van der Waals surface area contributed by atoms with Crippen LogP contribution in [0.1, 0.15) is 50.6 Å². The Hall–Kier alpha value is -0.900. The van der Waals surface area contributed by atoms with Gasteiger partial charge in [-0.05, 0) is 31.7 Å². The summed E-state index contributed by atoms with van der Waals surface area (Å²) in [6.45, 7) is 3.04. The molecule has 0 saturated heterocycles. The van der Waals surface area contributed by atoms with E-state index in [2.05, 4.69) is 24.4 Å². The lowest BCUT2D eigenvalue weighted by Crippen LogP contribution is -2.63. The maximum atomic E-state index is 9.75. The molecule has 0 radical (unpaired) electrons. The minimum absolute atomic E-state index is 0.0382. The van der Waals surface area contributed by atoms with Crippen LogP contribution in [0.25, 0.3) is 0 Å². The van der Waals surface area contributed by atoms with E-state index in [1.807, 2.05) is 18.2 Å². The van der Waals surface area contributed by atoms with Crippen LogP contribution in [-0.4, -0.2) is 30.5 Å². The maximum Gasteiger partial charge on any atom is 0.0661 e. The van der Waals surface area contributed by atoms with Crippen molar-refractivity contribution in [3.63, 3.8) is 0 Å². The van der Waals surface area contributed by atoms with E-state index in [9.17, 15) is 5.11 Å². The summed E-state index contributed by atoms with van der Waals surface area (Å²) >= 11 is 0. The Labute approximate surface area is 127 Å². The van der Waals surface area contributed by atoms with E-state index < -0.39 is 0 Å². The molecule has 1 aromatic carbocycles. The van der Waals surface area contributed by atoms with Gasteiger partial charge in [-0.3, -0.25) is 0 Å². The molecule has 0 aromatic heterocycles. The van der Waals surface area contributed by atoms with E-state index in [0.717, 1.165) is 13.0 Å². The third kappa shape index (κ3) is 2.75. The number of nitrogens with one attached hydrogen (secondary N) is 1. The minimum atomic E-state index is 0.0382. The van der Waals surface area contributed by atoms with Gasteiger partial charge in [0.1, 0.15) is 0 Å². The minimum Gasteiger partial charge on any atom is -0.394 e. The quantitative estimate of drug-likeness (QED) is 0.846. The average molecular weight is 289 g/mol. The molecule has 3 heteroatoms. The summed E-state index contributed by atoms with van der Waals surface area (Å²) in [7, 11) is 0. The Morgan fingerprint density at radius 1 is 1.29 bits per heavy atom. The Balaban J connectivity index is 1.69. The Bertz CT molecular complexity index is 442. The third-order valence-electron chi connectivity index (χ3n) is 5.47. The van der Waals surface area contributed by atoms with Gasteiger partial charge in [-0.15, -0.1) is 0 Å². The molecule has 2 unspecified atom stereocenters. The first-order valence-electron chi connectivity index (χ1n) is 8.33. The molecule has 21 heavy (non-hydrogen) atoms. The van der Waals surface area contributed by atoms with E-state index in [0.29, 0.717) is 17.6 Å². The number of ether oxygens (including phenoxy) is 1. The first-order valence-corrected chi connectivity index (χ1v) is 8.33. The van der Waals surface area contributed by atoms with Crippen LogP contribution < -0.4 is 5.32 Å². The van der Waals surface area contributed by atoms with Crippen molar-refractivity contribution < 1.29 is 9.84 Å². The zero-order valence-corrected chi connectivity index (χ0v) is 12.9. The molecule has 2 fully saturated rings. The predicted molar refractivity (Wildman–Crippen MR) is 84.1 cm³/mol. The van der Waals surface area contributed by atoms with Crippen LogP contribution >= 0.6 is 0 Å². The van der Waals surface area contributed by atoms with Gasteiger partial charge in [-0.1, -0.05) is 43.2 Å². The monoisotopic (exact) mass is 289 g/mol. The van der Waals surface area contributed by atoms with Crippen LogP contribution in [0, 0.1) is 5.41 Å². The number of benzene rings is 1. The highest BCUT2D eigenvalue weighted by Gasteiger charge is 2.56. The molecule has 0 bridgehead atoms. The summed E-state index contributed by atoms with van der Waals surface area (Å²) in [5.74, 6) is 0. The molecule has 116 valence electrons. The molecule has 1 aromatic rings. The van der Waals surface area contributed by atoms with Crippen LogP contribution in [-0.2, 0) is 4.74 Å². The molecule has 1 spiro atoms. The summed E-state index contributed by atoms with van der Waals surface area (Å²) in [5, 5.41) is 13.5. The fourth-order valence-electron chi connectivity index (χ4n) is 4.30. The van der Waals surface area contributed by atoms with Crippen molar-refractivity contribution in [2.45, 2.75) is 57.2 Å². The molecule has 0 amide bonds. The molecule has 0 heterocycles. The van der Waals surface area contributed by atoms with Gasteiger partial charge in [-0.25, -0.2) is 0 Å². The highest BCUT2D eigenvalue weighted by atomic mass is 16.5. The van der Waals surface area contributed by atoms with Gasteiger partial charge in [0.15, 0.2) is 0 Å². The van der Waals surface area contributed by atoms with Crippen LogP contribution in [0.3, 0.4) is 0 Å². The van der Waals surface area contributed by atoms with E-state index in [4.69, 9.17) is 4.74 Å². The Morgan fingerprint density at radius 3 is 2.62 bits per heavy atom. The van der Waals surface area contributed by atoms with Gasteiger partial charge < -0.3 is 15.2 Å². The lowest BCUT2D eigenvalue weighted by Gasteiger charge is -2.55. The van der Waals surface area contributed by atoms with Crippen molar-refractivity contribution in [1.82, 2.24) is 5.32 Å². The molecule has 2 saturated carbocycles. The number of hydrogen-bond acceptors (Lipinski definition) is 3. The van der Waals surface area contributed by atoms with E-state index in [1.54, 1.807) is 0 Å². The first kappa shape index (κ1) is 15.0. The zero-order valence-electron chi connectivity index (χ0n) is 12.9. The topological polar surface area (TPSA) is 41.5 Å². The summed E-state index contributed by atoms with van der Waals surface area (Å²) in [5.41, 5.74) is 1.49. The highest BCUT2D eigenvalue weighted by Crippen LogP contribution is 2.55. The molecule has 0 aliphatic heterocycles. The second kappa shape index (κ2) is 6.47. The highest BCUT2D eigenvalue weighted by molar-refractivity contribution is 5.20.